The van der Waals surface area contributed by atoms with Gasteiger partial charge in [0.2, 0.25) is 0 Å². The summed E-state index contributed by atoms with van der Waals surface area (Å²) in [5.41, 5.74) is 5.70. The summed E-state index contributed by atoms with van der Waals surface area (Å²) >= 11 is 0. The molecule has 2 aromatic carbocycles. The second kappa shape index (κ2) is 11.4. The highest BCUT2D eigenvalue weighted by molar-refractivity contribution is 5.98. The van der Waals surface area contributed by atoms with E-state index in [0.29, 0.717) is 11.1 Å². The Balaban J connectivity index is 0.000000413. The first-order valence-corrected chi connectivity index (χ1v) is 7.67. The molecular formula is C20H22N2O2. The zero-order valence-electron chi connectivity index (χ0n) is 13.7. The van der Waals surface area contributed by atoms with E-state index in [-0.39, 0.29) is 11.8 Å². The van der Waals surface area contributed by atoms with E-state index in [4.69, 9.17) is 0 Å². The molecule has 0 fully saturated rings. The molecule has 0 heterocycles. The molecule has 2 N–H and O–H groups in total. The second-order valence-corrected chi connectivity index (χ2v) is 4.71. The smallest absolute Gasteiger partial charge is 0.267 e. The Bertz CT molecular complexity index is 613. The SMILES string of the molecule is C=CC=CCC.O=C(NNC(=O)c1ccccc1)c1ccccc1. The van der Waals surface area contributed by atoms with Crippen LogP contribution in [0.4, 0.5) is 0 Å². The van der Waals surface area contributed by atoms with Gasteiger partial charge in [0.05, 0.1) is 0 Å². The zero-order valence-corrected chi connectivity index (χ0v) is 13.7. The normalized spacial score (nSPS) is 9.54. The van der Waals surface area contributed by atoms with Gasteiger partial charge in [0, 0.05) is 11.1 Å². The van der Waals surface area contributed by atoms with Crippen LogP contribution in [0.2, 0.25) is 0 Å². The fourth-order valence-electron chi connectivity index (χ4n) is 1.67. The maximum Gasteiger partial charge on any atom is 0.269 e. The number of benzene rings is 2. The van der Waals surface area contributed by atoms with E-state index in [2.05, 4.69) is 30.4 Å². The summed E-state index contributed by atoms with van der Waals surface area (Å²) in [5.74, 6) is -0.695. The number of rotatable bonds is 4. The predicted molar refractivity (Wildman–Crippen MR) is 97.4 cm³/mol. The van der Waals surface area contributed by atoms with Crippen LogP contribution in [0.15, 0.2) is 85.5 Å². The lowest BCUT2D eigenvalue weighted by atomic mass is 10.2. The molecule has 2 aromatic rings. The highest BCUT2D eigenvalue weighted by Gasteiger charge is 2.07. The first-order chi connectivity index (χ1) is 11.7. The molecule has 0 bridgehead atoms. The van der Waals surface area contributed by atoms with Crippen molar-refractivity contribution in [2.75, 3.05) is 0 Å². The van der Waals surface area contributed by atoms with Crippen LogP contribution in [-0.2, 0) is 0 Å². The van der Waals surface area contributed by atoms with Gasteiger partial charge in [-0.1, -0.05) is 68.1 Å². The number of carbonyl (C=O) groups is 2. The Labute approximate surface area is 142 Å². The molecular weight excluding hydrogens is 300 g/mol. The predicted octanol–water partition coefficient (Wildman–Crippen LogP) is 3.90. The number of hydrazine groups is 1. The molecule has 0 aromatic heterocycles. The van der Waals surface area contributed by atoms with Crippen molar-refractivity contribution in [1.29, 1.82) is 0 Å². The van der Waals surface area contributed by atoms with Crippen LogP contribution in [-0.4, -0.2) is 11.8 Å². The average Bonchev–Trinajstić information content (AvgIpc) is 2.66. The fraction of sp³-hybridized carbons (Fsp3) is 0.100. The van der Waals surface area contributed by atoms with E-state index in [0.717, 1.165) is 6.42 Å². The minimum absolute atomic E-state index is 0.347. The minimum atomic E-state index is -0.347. The molecule has 0 unspecified atom stereocenters. The van der Waals surface area contributed by atoms with Crippen molar-refractivity contribution in [3.05, 3.63) is 96.6 Å². The lowest BCUT2D eigenvalue weighted by Gasteiger charge is -2.07. The van der Waals surface area contributed by atoms with Crippen molar-refractivity contribution in [3.63, 3.8) is 0 Å². The average molecular weight is 322 g/mol. The molecule has 0 aliphatic carbocycles. The zero-order chi connectivity index (χ0) is 17.6. The van der Waals surface area contributed by atoms with Crippen molar-refractivity contribution >= 4 is 11.8 Å². The van der Waals surface area contributed by atoms with E-state index < -0.39 is 0 Å². The minimum Gasteiger partial charge on any atom is -0.267 e. The van der Waals surface area contributed by atoms with Gasteiger partial charge in [-0.2, -0.15) is 0 Å². The molecule has 0 radical (unpaired) electrons. The largest absolute Gasteiger partial charge is 0.269 e. The van der Waals surface area contributed by atoms with Crippen molar-refractivity contribution in [3.8, 4) is 0 Å². The van der Waals surface area contributed by atoms with Gasteiger partial charge in [0.25, 0.3) is 11.8 Å². The van der Waals surface area contributed by atoms with Gasteiger partial charge in [0.1, 0.15) is 0 Å². The van der Waals surface area contributed by atoms with Crippen molar-refractivity contribution in [2.24, 2.45) is 0 Å². The van der Waals surface area contributed by atoms with Crippen molar-refractivity contribution < 1.29 is 9.59 Å². The van der Waals surface area contributed by atoms with E-state index in [1.807, 2.05) is 18.2 Å². The molecule has 0 saturated carbocycles. The third-order valence-electron chi connectivity index (χ3n) is 2.87. The summed E-state index contributed by atoms with van der Waals surface area (Å²) in [6.45, 7) is 5.61. The molecule has 4 heteroatoms. The topological polar surface area (TPSA) is 58.2 Å². The summed E-state index contributed by atoms with van der Waals surface area (Å²) in [4.78, 5) is 23.3. The van der Waals surface area contributed by atoms with Crippen LogP contribution < -0.4 is 10.9 Å². The van der Waals surface area contributed by atoms with Crippen molar-refractivity contribution in [1.82, 2.24) is 10.9 Å². The Kier molecular flexibility index (Phi) is 9.01. The molecule has 0 aliphatic rings. The van der Waals surface area contributed by atoms with Gasteiger partial charge >= 0.3 is 0 Å². The number of allylic oxidation sites excluding steroid dienone is 3. The van der Waals surface area contributed by atoms with Crippen LogP contribution >= 0.6 is 0 Å². The highest BCUT2D eigenvalue weighted by Crippen LogP contribution is 1.99. The standard InChI is InChI=1S/C14H12N2O2.C6H10/c17-13(11-7-3-1-4-8-11)15-16-14(18)12-9-5-2-6-10-12;1-3-5-6-4-2/h1-10H,(H,15,17)(H,16,18);3,5-6H,1,4H2,2H3. The monoisotopic (exact) mass is 322 g/mol. The number of hydrogen-bond acceptors (Lipinski definition) is 2. The van der Waals surface area contributed by atoms with Gasteiger partial charge in [-0.05, 0) is 30.7 Å². The molecule has 0 saturated heterocycles. The number of nitrogens with one attached hydrogen (secondary N) is 2. The van der Waals surface area contributed by atoms with Crippen molar-refractivity contribution in [2.45, 2.75) is 13.3 Å². The summed E-state index contributed by atoms with van der Waals surface area (Å²) in [7, 11) is 0. The highest BCUT2D eigenvalue weighted by atomic mass is 16.2. The Morgan fingerprint density at radius 2 is 1.29 bits per heavy atom. The number of amides is 2. The maximum absolute atomic E-state index is 11.7. The van der Waals surface area contributed by atoms with Gasteiger partial charge < -0.3 is 0 Å². The Morgan fingerprint density at radius 1 is 0.875 bits per heavy atom. The van der Waals surface area contributed by atoms with Gasteiger partial charge in [0.15, 0.2) is 0 Å². The van der Waals surface area contributed by atoms with E-state index in [1.54, 1.807) is 54.6 Å². The third-order valence-corrected chi connectivity index (χ3v) is 2.87. The fourth-order valence-corrected chi connectivity index (χ4v) is 1.67. The summed E-state index contributed by atoms with van der Waals surface area (Å²) in [5, 5.41) is 0. The van der Waals surface area contributed by atoms with Gasteiger partial charge in [-0.15, -0.1) is 0 Å². The third kappa shape index (κ3) is 7.22. The van der Waals surface area contributed by atoms with E-state index in [9.17, 15) is 9.59 Å². The second-order valence-electron chi connectivity index (χ2n) is 4.71. The molecule has 24 heavy (non-hydrogen) atoms. The quantitative estimate of drug-likeness (QED) is 0.662. The van der Waals surface area contributed by atoms with Gasteiger partial charge in [-0.25, -0.2) is 0 Å². The molecule has 4 nitrogen and oxygen atoms in total. The molecule has 124 valence electrons. The molecule has 0 spiro atoms. The van der Waals surface area contributed by atoms with Crippen LogP contribution in [0, 0.1) is 0 Å². The Hall–Kier alpha value is -3.14. The van der Waals surface area contributed by atoms with Crippen LogP contribution in [0.5, 0.6) is 0 Å². The molecule has 0 aliphatic heterocycles. The lowest BCUT2D eigenvalue weighted by molar-refractivity contribution is 0.0846. The molecule has 0 atom stereocenters. The summed E-state index contributed by atoms with van der Waals surface area (Å²) in [6.07, 6.45) is 6.89. The molecule has 2 rings (SSSR count). The van der Waals surface area contributed by atoms with E-state index in [1.165, 1.54) is 0 Å². The summed E-state index contributed by atoms with van der Waals surface area (Å²) < 4.78 is 0. The maximum atomic E-state index is 11.7. The molecule has 2 amide bonds. The first-order valence-electron chi connectivity index (χ1n) is 7.67. The number of carbonyl (C=O) groups excluding carboxylic acids is 2. The lowest BCUT2D eigenvalue weighted by Crippen LogP contribution is -2.41. The van der Waals surface area contributed by atoms with Crippen LogP contribution in [0.1, 0.15) is 34.1 Å². The summed E-state index contributed by atoms with van der Waals surface area (Å²) in [6, 6.07) is 17.4. The van der Waals surface area contributed by atoms with Crippen LogP contribution in [0.3, 0.4) is 0 Å². The Morgan fingerprint density at radius 3 is 1.58 bits per heavy atom. The van der Waals surface area contributed by atoms with E-state index >= 15 is 0 Å². The number of hydrogen-bond donors (Lipinski definition) is 2. The van der Waals surface area contributed by atoms with Crippen LogP contribution in [0.25, 0.3) is 0 Å². The first kappa shape index (κ1) is 18.9. The van der Waals surface area contributed by atoms with Gasteiger partial charge in [-0.3, -0.25) is 20.4 Å².